The smallest absolute Gasteiger partial charge is 0.491 e. The molecule has 206 valence electrons. The molecule has 0 saturated carbocycles. The van der Waals surface area contributed by atoms with Gasteiger partial charge in [0.15, 0.2) is 0 Å². The van der Waals surface area contributed by atoms with Gasteiger partial charge in [-0.25, -0.2) is 14.8 Å². The van der Waals surface area contributed by atoms with Gasteiger partial charge in [-0.15, -0.1) is 0 Å². The zero-order chi connectivity index (χ0) is 27.9. The van der Waals surface area contributed by atoms with Crippen LogP contribution in [0.25, 0.3) is 22.2 Å². The normalized spacial score (nSPS) is 11.2. The van der Waals surface area contributed by atoms with Crippen LogP contribution in [-0.2, 0) is 19.5 Å². The summed E-state index contributed by atoms with van der Waals surface area (Å²) in [5.41, 5.74) is 5.87. The lowest BCUT2D eigenvalue weighted by Gasteiger charge is -2.14. The van der Waals surface area contributed by atoms with Crippen LogP contribution in [-0.4, -0.2) is 37.0 Å². The van der Waals surface area contributed by atoms with Crippen molar-refractivity contribution in [1.29, 1.82) is 0 Å². The molecule has 0 atom stereocenters. The fourth-order valence-electron chi connectivity index (χ4n) is 4.90. The molecule has 5 rings (SSSR count). The van der Waals surface area contributed by atoms with Crippen LogP contribution < -0.4 is 9.47 Å². The minimum atomic E-state index is -1.33. The number of ether oxygens (including phenoxy) is 2. The molecule has 8 heteroatoms. The van der Waals surface area contributed by atoms with Gasteiger partial charge in [0.1, 0.15) is 22.8 Å². The van der Waals surface area contributed by atoms with Crippen LogP contribution >= 0.6 is 0 Å². The number of nitrogens with zero attached hydrogens (tertiary/aromatic N) is 4. The average molecular weight is 539 g/mol. The Hall–Kier alpha value is -4.59. The van der Waals surface area contributed by atoms with Gasteiger partial charge in [0.05, 0.1) is 18.5 Å². The van der Waals surface area contributed by atoms with Gasteiger partial charge in [-0.05, 0) is 48.6 Å². The molecule has 0 amide bonds. The summed E-state index contributed by atoms with van der Waals surface area (Å²) in [4.78, 5) is 20.3. The summed E-state index contributed by atoms with van der Waals surface area (Å²) in [5.74, 6) is 2.21. The van der Waals surface area contributed by atoms with Crippen molar-refractivity contribution in [3.63, 3.8) is 0 Å². The molecular formula is C32H34N4O4. The van der Waals surface area contributed by atoms with Gasteiger partial charge in [0.2, 0.25) is 0 Å². The Labute approximate surface area is 233 Å². The minimum Gasteiger partial charge on any atom is -0.491 e. The van der Waals surface area contributed by atoms with E-state index < -0.39 is 6.16 Å². The fraction of sp³-hybridized carbons (Fsp3) is 0.281. The Balaban J connectivity index is 1.43. The second-order valence-corrected chi connectivity index (χ2v) is 9.86. The third kappa shape index (κ3) is 6.17. The summed E-state index contributed by atoms with van der Waals surface area (Å²) in [7, 11) is 0. The molecule has 8 nitrogen and oxygen atoms in total. The number of aromatic nitrogens is 4. The maximum absolute atomic E-state index is 11.1. The number of para-hydroxylation sites is 1. The van der Waals surface area contributed by atoms with Crippen LogP contribution in [0.3, 0.4) is 0 Å². The van der Waals surface area contributed by atoms with Crippen LogP contribution in [0.5, 0.6) is 11.5 Å². The number of carbonyl (C=O) groups is 1. The van der Waals surface area contributed by atoms with Crippen LogP contribution in [0.15, 0.2) is 79.4 Å². The van der Waals surface area contributed by atoms with Crippen molar-refractivity contribution in [2.45, 2.75) is 52.6 Å². The number of imidazole rings is 2. The van der Waals surface area contributed by atoms with Gasteiger partial charge in [0.25, 0.3) is 0 Å². The van der Waals surface area contributed by atoms with Gasteiger partial charge < -0.3 is 23.7 Å². The van der Waals surface area contributed by atoms with Gasteiger partial charge in [-0.3, -0.25) is 0 Å². The molecular weight excluding hydrogens is 504 g/mol. The number of fused-ring (bicyclic) bond motifs is 1. The molecule has 0 radical (unpaired) electrons. The number of rotatable bonds is 12. The zero-order valence-electron chi connectivity index (χ0n) is 22.9. The number of carboxylic acid groups (broad SMARTS) is 1. The predicted molar refractivity (Wildman–Crippen MR) is 155 cm³/mol. The monoisotopic (exact) mass is 538 g/mol. The van der Waals surface area contributed by atoms with E-state index in [9.17, 15) is 4.79 Å². The first-order valence-electron chi connectivity index (χ1n) is 13.7. The molecule has 3 aromatic carbocycles. The molecule has 0 aliphatic heterocycles. The number of unbranched alkanes of at least 4 members (excludes halogenated alkanes) is 1. The van der Waals surface area contributed by atoms with Crippen molar-refractivity contribution in [3.8, 4) is 22.6 Å². The molecule has 2 aromatic heterocycles. The molecule has 1 N–H and O–H groups in total. The average Bonchev–Trinajstić information content (AvgIpc) is 3.60. The molecule has 0 spiro atoms. The van der Waals surface area contributed by atoms with E-state index in [0.717, 1.165) is 77.1 Å². The van der Waals surface area contributed by atoms with Crippen molar-refractivity contribution in [2.24, 2.45) is 0 Å². The lowest BCUT2D eigenvalue weighted by atomic mass is 10.0. The molecule has 0 fully saturated rings. The quantitative estimate of drug-likeness (QED) is 0.103. The maximum Gasteiger partial charge on any atom is 0.511 e. The standard InChI is InChI=1S/C32H34N4O4/c1-3-4-10-29-34-30-23(2)11-16-28(39-20-7-18-35-19-17-33-22-35)31(30)36(29)21-24-12-14-25(15-13-24)26-8-5-6-9-27(26)40-32(37)38/h5-6,8-9,11-17,19,22H,3-4,7,10,18,20-21H2,1-2H3,(H,37,38). The van der Waals surface area contributed by atoms with E-state index in [0.29, 0.717) is 18.9 Å². The Morgan fingerprint density at radius 2 is 1.82 bits per heavy atom. The van der Waals surface area contributed by atoms with Gasteiger partial charge >= 0.3 is 6.16 Å². The van der Waals surface area contributed by atoms with E-state index in [1.54, 1.807) is 18.3 Å². The Morgan fingerprint density at radius 3 is 2.58 bits per heavy atom. The molecule has 0 aliphatic carbocycles. The first-order valence-corrected chi connectivity index (χ1v) is 13.7. The second kappa shape index (κ2) is 12.5. The van der Waals surface area contributed by atoms with E-state index in [-0.39, 0.29) is 0 Å². The summed E-state index contributed by atoms with van der Waals surface area (Å²) in [5, 5.41) is 9.11. The van der Waals surface area contributed by atoms with Crippen molar-refractivity contribution < 1.29 is 19.4 Å². The summed E-state index contributed by atoms with van der Waals surface area (Å²) in [6, 6.07) is 19.4. The van der Waals surface area contributed by atoms with Crippen molar-refractivity contribution in [3.05, 3.63) is 96.3 Å². The molecule has 2 heterocycles. The van der Waals surface area contributed by atoms with E-state index in [1.165, 1.54) is 0 Å². The van der Waals surface area contributed by atoms with Crippen LogP contribution in [0.4, 0.5) is 4.79 Å². The highest BCUT2D eigenvalue weighted by atomic mass is 16.7. The molecule has 40 heavy (non-hydrogen) atoms. The van der Waals surface area contributed by atoms with Crippen LogP contribution in [0.2, 0.25) is 0 Å². The summed E-state index contributed by atoms with van der Waals surface area (Å²) in [6.07, 6.45) is 8.15. The largest absolute Gasteiger partial charge is 0.511 e. The lowest BCUT2D eigenvalue weighted by molar-refractivity contribution is 0.144. The molecule has 0 aliphatic rings. The van der Waals surface area contributed by atoms with Crippen molar-refractivity contribution in [2.75, 3.05) is 6.61 Å². The summed E-state index contributed by atoms with van der Waals surface area (Å²) < 4.78 is 15.7. The highest BCUT2D eigenvalue weighted by Gasteiger charge is 2.18. The van der Waals surface area contributed by atoms with E-state index in [2.05, 4.69) is 52.2 Å². The Bertz CT molecular complexity index is 1570. The molecule has 0 saturated heterocycles. The topological polar surface area (TPSA) is 91.4 Å². The van der Waals surface area contributed by atoms with E-state index >= 15 is 0 Å². The van der Waals surface area contributed by atoms with Crippen LogP contribution in [0, 0.1) is 6.92 Å². The minimum absolute atomic E-state index is 0.315. The Kier molecular flexibility index (Phi) is 8.44. The van der Waals surface area contributed by atoms with Crippen molar-refractivity contribution >= 4 is 17.2 Å². The maximum atomic E-state index is 11.1. The molecule has 5 aromatic rings. The van der Waals surface area contributed by atoms with E-state index in [4.69, 9.17) is 19.6 Å². The predicted octanol–water partition coefficient (Wildman–Crippen LogP) is 7.13. The highest BCUT2D eigenvalue weighted by Crippen LogP contribution is 2.33. The summed E-state index contributed by atoms with van der Waals surface area (Å²) >= 11 is 0. The number of aryl methyl sites for hydroxylation is 3. The summed E-state index contributed by atoms with van der Waals surface area (Å²) in [6.45, 7) is 6.38. The number of benzene rings is 3. The zero-order valence-corrected chi connectivity index (χ0v) is 22.9. The number of hydrogen-bond acceptors (Lipinski definition) is 5. The van der Waals surface area contributed by atoms with Crippen LogP contribution in [0.1, 0.15) is 43.1 Å². The fourth-order valence-corrected chi connectivity index (χ4v) is 4.90. The lowest BCUT2D eigenvalue weighted by Crippen LogP contribution is -2.08. The molecule has 0 unspecified atom stereocenters. The van der Waals surface area contributed by atoms with Crippen molar-refractivity contribution in [1.82, 2.24) is 19.1 Å². The third-order valence-electron chi connectivity index (χ3n) is 6.96. The highest BCUT2D eigenvalue weighted by molar-refractivity contribution is 5.86. The van der Waals surface area contributed by atoms with Gasteiger partial charge in [0, 0.05) is 37.5 Å². The second-order valence-electron chi connectivity index (χ2n) is 9.86. The molecule has 0 bridgehead atoms. The third-order valence-corrected chi connectivity index (χ3v) is 6.96. The Morgan fingerprint density at radius 1 is 1.00 bits per heavy atom. The first-order chi connectivity index (χ1) is 19.5. The van der Waals surface area contributed by atoms with Gasteiger partial charge in [-0.2, -0.15) is 0 Å². The van der Waals surface area contributed by atoms with Gasteiger partial charge in [-0.1, -0.05) is 61.9 Å². The number of hydrogen-bond donors (Lipinski definition) is 1. The first kappa shape index (κ1) is 27.0. The SMILES string of the molecule is CCCCc1nc2c(C)ccc(OCCCn3ccnc3)c2n1Cc1ccc(-c2ccccc2OC(=O)O)cc1. The van der Waals surface area contributed by atoms with E-state index in [1.807, 2.05) is 36.8 Å².